The van der Waals surface area contributed by atoms with Gasteiger partial charge in [0.25, 0.3) is 5.91 Å². The zero-order valence-electron chi connectivity index (χ0n) is 9.20. The van der Waals surface area contributed by atoms with Crippen LogP contribution in [0.15, 0.2) is 24.3 Å². The molecule has 1 heterocycles. The van der Waals surface area contributed by atoms with E-state index in [-0.39, 0.29) is 11.7 Å². The smallest absolute Gasteiger partial charge is 0.261 e. The molecule has 2 nitrogen and oxygen atoms in total. The molecule has 1 aromatic heterocycles. The van der Waals surface area contributed by atoms with Crippen LogP contribution in [0.3, 0.4) is 0 Å². The molecule has 1 amide bonds. The topological polar surface area (TPSA) is 29.1 Å². The molecular formula is C13H12FNOS. The Morgan fingerprint density at radius 2 is 2.29 bits per heavy atom. The molecule has 0 bridgehead atoms. The van der Waals surface area contributed by atoms with Gasteiger partial charge in [-0.05, 0) is 37.0 Å². The second kappa shape index (κ2) is 4.11. The minimum Gasteiger partial charge on any atom is -0.351 e. The zero-order chi connectivity index (χ0) is 11.8. The van der Waals surface area contributed by atoms with Gasteiger partial charge in [-0.1, -0.05) is 6.07 Å². The van der Waals surface area contributed by atoms with Gasteiger partial charge in [0.05, 0.1) is 4.88 Å². The Kier molecular flexibility index (Phi) is 2.59. The van der Waals surface area contributed by atoms with Gasteiger partial charge in [0, 0.05) is 16.6 Å². The van der Waals surface area contributed by atoms with Crippen molar-refractivity contribution in [2.45, 2.75) is 12.8 Å². The zero-order valence-corrected chi connectivity index (χ0v) is 10.0. The molecule has 0 radical (unpaired) electrons. The molecule has 17 heavy (non-hydrogen) atoms. The maximum atomic E-state index is 13.5. The van der Waals surface area contributed by atoms with Crippen molar-refractivity contribution in [3.63, 3.8) is 0 Å². The molecule has 1 aliphatic rings. The predicted octanol–water partition coefficient (Wildman–Crippen LogP) is 3.18. The largest absolute Gasteiger partial charge is 0.351 e. The van der Waals surface area contributed by atoms with Gasteiger partial charge in [-0.3, -0.25) is 4.79 Å². The molecule has 2 aromatic rings. The average Bonchev–Trinajstić information content (AvgIpc) is 3.04. The highest BCUT2D eigenvalue weighted by molar-refractivity contribution is 7.20. The second-order valence-electron chi connectivity index (χ2n) is 4.42. The molecule has 1 aromatic carbocycles. The number of hydrogen-bond donors (Lipinski definition) is 1. The molecule has 0 unspecified atom stereocenters. The normalized spacial score (nSPS) is 15.1. The van der Waals surface area contributed by atoms with Gasteiger partial charge in [-0.2, -0.15) is 0 Å². The van der Waals surface area contributed by atoms with Crippen LogP contribution in [0.25, 0.3) is 10.1 Å². The number of carbonyl (C=O) groups is 1. The van der Waals surface area contributed by atoms with Crippen molar-refractivity contribution < 1.29 is 9.18 Å². The first-order valence-corrected chi connectivity index (χ1v) is 6.52. The Morgan fingerprint density at radius 1 is 1.47 bits per heavy atom. The van der Waals surface area contributed by atoms with E-state index in [1.54, 1.807) is 12.1 Å². The van der Waals surface area contributed by atoms with Crippen molar-refractivity contribution in [3.8, 4) is 0 Å². The van der Waals surface area contributed by atoms with Gasteiger partial charge in [-0.15, -0.1) is 11.3 Å². The average molecular weight is 249 g/mol. The van der Waals surface area contributed by atoms with Crippen LogP contribution in [0.4, 0.5) is 4.39 Å². The van der Waals surface area contributed by atoms with Gasteiger partial charge < -0.3 is 5.32 Å². The monoisotopic (exact) mass is 249 g/mol. The van der Waals surface area contributed by atoms with Crippen molar-refractivity contribution in [2.24, 2.45) is 5.92 Å². The van der Waals surface area contributed by atoms with Crippen LogP contribution in [0.1, 0.15) is 22.5 Å². The summed E-state index contributed by atoms with van der Waals surface area (Å²) in [5, 5.41) is 3.43. The SMILES string of the molecule is O=C(NCC1CC1)c1cc2c(F)cccc2s1. The summed E-state index contributed by atoms with van der Waals surface area (Å²) in [5.41, 5.74) is 0. The van der Waals surface area contributed by atoms with Crippen LogP contribution in [0.5, 0.6) is 0 Å². The summed E-state index contributed by atoms with van der Waals surface area (Å²) in [6, 6.07) is 6.55. The van der Waals surface area contributed by atoms with E-state index in [0.29, 0.717) is 16.2 Å². The fourth-order valence-corrected chi connectivity index (χ4v) is 2.77. The number of rotatable bonds is 3. The molecule has 0 saturated heterocycles. The molecule has 1 N–H and O–H groups in total. The molecule has 0 aliphatic heterocycles. The third-order valence-corrected chi connectivity index (χ3v) is 4.08. The summed E-state index contributed by atoms with van der Waals surface area (Å²) in [4.78, 5) is 12.4. The van der Waals surface area contributed by atoms with Crippen molar-refractivity contribution in [3.05, 3.63) is 35.0 Å². The summed E-state index contributed by atoms with van der Waals surface area (Å²) in [6.45, 7) is 0.746. The van der Waals surface area contributed by atoms with Crippen molar-refractivity contribution in [1.82, 2.24) is 5.32 Å². The highest BCUT2D eigenvalue weighted by atomic mass is 32.1. The van der Waals surface area contributed by atoms with Gasteiger partial charge >= 0.3 is 0 Å². The lowest BCUT2D eigenvalue weighted by Crippen LogP contribution is -2.24. The lowest BCUT2D eigenvalue weighted by Gasteiger charge is -2.00. The fourth-order valence-electron chi connectivity index (χ4n) is 1.78. The van der Waals surface area contributed by atoms with Crippen molar-refractivity contribution in [1.29, 1.82) is 0 Å². The maximum absolute atomic E-state index is 13.5. The third kappa shape index (κ3) is 2.17. The molecule has 88 valence electrons. The van der Waals surface area contributed by atoms with Crippen molar-refractivity contribution >= 4 is 27.3 Å². The highest BCUT2D eigenvalue weighted by Crippen LogP contribution is 2.29. The quantitative estimate of drug-likeness (QED) is 0.889. The first-order valence-electron chi connectivity index (χ1n) is 5.70. The van der Waals surface area contributed by atoms with E-state index >= 15 is 0 Å². The first kappa shape index (κ1) is 10.7. The van der Waals surface area contributed by atoms with E-state index in [9.17, 15) is 9.18 Å². The molecule has 0 atom stereocenters. The standard InChI is InChI=1S/C13H12FNOS/c14-10-2-1-3-11-9(10)6-12(17-11)13(16)15-7-8-4-5-8/h1-3,6,8H,4-5,7H2,(H,15,16). The van der Waals surface area contributed by atoms with Crippen LogP contribution in [0, 0.1) is 11.7 Å². The van der Waals surface area contributed by atoms with Gasteiger partial charge in [0.2, 0.25) is 0 Å². The van der Waals surface area contributed by atoms with E-state index in [1.807, 2.05) is 6.07 Å². The van der Waals surface area contributed by atoms with Crippen molar-refractivity contribution in [2.75, 3.05) is 6.54 Å². The van der Waals surface area contributed by atoms with E-state index in [2.05, 4.69) is 5.32 Å². The number of thiophene rings is 1. The summed E-state index contributed by atoms with van der Waals surface area (Å²) in [7, 11) is 0. The van der Waals surface area contributed by atoms with E-state index in [4.69, 9.17) is 0 Å². The van der Waals surface area contributed by atoms with Crippen LogP contribution in [-0.4, -0.2) is 12.5 Å². The van der Waals surface area contributed by atoms with E-state index in [0.717, 1.165) is 11.2 Å². The molecule has 0 spiro atoms. The number of carbonyl (C=O) groups excluding carboxylic acids is 1. The highest BCUT2D eigenvalue weighted by Gasteiger charge is 2.22. The minimum absolute atomic E-state index is 0.0856. The van der Waals surface area contributed by atoms with E-state index in [1.165, 1.54) is 30.2 Å². The maximum Gasteiger partial charge on any atom is 0.261 e. The number of halogens is 1. The summed E-state index contributed by atoms with van der Waals surface area (Å²) < 4.78 is 14.3. The van der Waals surface area contributed by atoms with Crippen LogP contribution >= 0.6 is 11.3 Å². The second-order valence-corrected chi connectivity index (χ2v) is 5.50. The first-order chi connectivity index (χ1) is 8.24. The van der Waals surface area contributed by atoms with Crippen LogP contribution in [-0.2, 0) is 0 Å². The Labute approximate surface area is 102 Å². The number of benzene rings is 1. The van der Waals surface area contributed by atoms with Crippen LogP contribution in [0.2, 0.25) is 0 Å². The summed E-state index contributed by atoms with van der Waals surface area (Å²) >= 11 is 1.34. The van der Waals surface area contributed by atoms with Crippen LogP contribution < -0.4 is 5.32 Å². The molecule has 1 saturated carbocycles. The number of fused-ring (bicyclic) bond motifs is 1. The molecule has 3 rings (SSSR count). The molecule has 1 fully saturated rings. The van der Waals surface area contributed by atoms with Gasteiger partial charge in [0.15, 0.2) is 0 Å². The Bertz CT molecular complexity index is 574. The summed E-state index contributed by atoms with van der Waals surface area (Å²) in [6.07, 6.45) is 2.42. The van der Waals surface area contributed by atoms with Gasteiger partial charge in [-0.25, -0.2) is 4.39 Å². The molecule has 4 heteroatoms. The Morgan fingerprint density at radius 3 is 3.00 bits per heavy atom. The third-order valence-electron chi connectivity index (χ3n) is 2.98. The van der Waals surface area contributed by atoms with E-state index < -0.39 is 0 Å². The molecule has 1 aliphatic carbocycles. The number of hydrogen-bond acceptors (Lipinski definition) is 2. The molecular weight excluding hydrogens is 237 g/mol. The lowest BCUT2D eigenvalue weighted by molar-refractivity contribution is 0.0956. The minimum atomic E-state index is -0.264. The number of nitrogens with one attached hydrogen (secondary N) is 1. The number of amides is 1. The fraction of sp³-hybridized carbons (Fsp3) is 0.308. The lowest BCUT2D eigenvalue weighted by atomic mass is 10.2. The Balaban J connectivity index is 1.84. The predicted molar refractivity (Wildman–Crippen MR) is 66.8 cm³/mol. The Hall–Kier alpha value is -1.42. The van der Waals surface area contributed by atoms with Gasteiger partial charge in [0.1, 0.15) is 5.82 Å². The summed E-state index contributed by atoms with van der Waals surface area (Å²) in [5.74, 6) is 0.308.